The zero-order valence-corrected chi connectivity index (χ0v) is 7.69. The third kappa shape index (κ3) is 9.82. The number of aliphatic carboxylic acids is 2. The number of rotatable bonds is 0. The van der Waals surface area contributed by atoms with Crippen LogP contribution in [0.4, 0.5) is 0 Å². The summed E-state index contributed by atoms with van der Waals surface area (Å²) >= 11 is 0. The molecule has 0 aromatic heterocycles. The smallest absolute Gasteiger partial charge is 0.543 e. The molecule has 0 aromatic rings. The van der Waals surface area contributed by atoms with Crippen molar-refractivity contribution < 1.29 is 71.1 Å². The van der Waals surface area contributed by atoms with Crippen molar-refractivity contribution in [2.24, 2.45) is 0 Å². The molecule has 0 N–H and O–H groups in total. The monoisotopic (exact) mass is 159 g/mol. The van der Waals surface area contributed by atoms with Crippen LogP contribution < -0.4 is 39.8 Å². The van der Waals surface area contributed by atoms with Crippen LogP contribution in [0.1, 0.15) is 0 Å². The van der Waals surface area contributed by atoms with E-state index in [1.807, 2.05) is 0 Å². The maximum absolute atomic E-state index is 8.93. The van der Waals surface area contributed by atoms with E-state index in [0.29, 0.717) is 0 Å². The van der Waals surface area contributed by atoms with Crippen molar-refractivity contribution in [3.05, 3.63) is 0 Å². The van der Waals surface area contributed by atoms with Crippen LogP contribution in [-0.2, 0) is 31.3 Å². The average Bonchev–Trinajstić information content (AvgIpc) is 1.36. The Kier molecular flexibility index (Phi) is 15.2. The van der Waals surface area contributed by atoms with Gasteiger partial charge in [-0.15, -0.1) is 0 Å². The number of carboxylic acid groups (broad SMARTS) is 2. The number of hydrogen-bond acceptors (Lipinski definition) is 4. The summed E-state index contributed by atoms with van der Waals surface area (Å²) in [5.41, 5.74) is 0. The van der Waals surface area contributed by atoms with E-state index < -0.39 is 11.9 Å². The SMILES string of the molecule is O=C([O-])C(=O)[O-].[Na+].[Ti+4]. The summed E-state index contributed by atoms with van der Waals surface area (Å²) in [6, 6.07) is 0. The molecule has 8 heavy (non-hydrogen) atoms. The van der Waals surface area contributed by atoms with Crippen LogP contribution >= 0.6 is 0 Å². The van der Waals surface area contributed by atoms with E-state index in [9.17, 15) is 0 Å². The molecule has 0 aromatic carbocycles. The molecule has 0 unspecified atom stereocenters. The first-order valence-electron chi connectivity index (χ1n) is 1.07. The largest absolute Gasteiger partial charge is 4.00 e. The molecule has 0 radical (unpaired) electrons. The van der Waals surface area contributed by atoms with Crippen molar-refractivity contribution in [1.82, 2.24) is 0 Å². The Balaban J connectivity index is -0.000000125. The molecule has 4 nitrogen and oxygen atoms in total. The molecule has 0 saturated heterocycles. The zero-order valence-electron chi connectivity index (χ0n) is 4.13. The van der Waals surface area contributed by atoms with E-state index in [0.717, 1.165) is 0 Å². The Bertz CT molecular complexity index is 80.0. The standard InChI is InChI=1S/C2H2O4.Na.Ti/c3-1(4)2(5)6;;/h(H,3,4)(H,5,6);;/q;+1;+4/p-2. The third-order valence-corrected chi connectivity index (χ3v) is 0.167. The van der Waals surface area contributed by atoms with Crippen LogP contribution in [0.5, 0.6) is 0 Å². The van der Waals surface area contributed by atoms with Gasteiger partial charge in [0.15, 0.2) is 0 Å². The van der Waals surface area contributed by atoms with Gasteiger partial charge < -0.3 is 19.8 Å². The van der Waals surface area contributed by atoms with Gasteiger partial charge in [-0.1, -0.05) is 0 Å². The van der Waals surface area contributed by atoms with Crippen molar-refractivity contribution >= 4 is 11.9 Å². The fourth-order valence-corrected chi connectivity index (χ4v) is 0. The number of carbonyl (C=O) groups is 2. The van der Waals surface area contributed by atoms with Gasteiger partial charge in [0.05, 0.1) is 11.9 Å². The predicted molar refractivity (Wildman–Crippen MR) is 10.0 cm³/mol. The van der Waals surface area contributed by atoms with Gasteiger partial charge in [0.1, 0.15) is 0 Å². The predicted octanol–water partition coefficient (Wildman–Crippen LogP) is -6.51. The summed E-state index contributed by atoms with van der Waals surface area (Å²) in [5.74, 6) is -4.37. The maximum atomic E-state index is 8.93. The van der Waals surface area contributed by atoms with E-state index in [-0.39, 0.29) is 51.3 Å². The van der Waals surface area contributed by atoms with Gasteiger partial charge in [0.25, 0.3) is 0 Å². The van der Waals surface area contributed by atoms with Gasteiger partial charge in [0.2, 0.25) is 0 Å². The molecule has 0 amide bonds. The third-order valence-electron chi connectivity index (χ3n) is 0.167. The first kappa shape index (κ1) is 15.9. The Morgan fingerprint density at radius 1 is 1.00 bits per heavy atom. The summed E-state index contributed by atoms with van der Waals surface area (Å²) in [6.07, 6.45) is 0. The van der Waals surface area contributed by atoms with Crippen LogP contribution in [-0.4, -0.2) is 11.9 Å². The van der Waals surface area contributed by atoms with Crippen LogP contribution in [0.25, 0.3) is 0 Å². The molecule has 0 spiro atoms. The molecule has 0 heterocycles. The fourth-order valence-electron chi connectivity index (χ4n) is 0. The first-order valence-corrected chi connectivity index (χ1v) is 1.07. The van der Waals surface area contributed by atoms with E-state index in [4.69, 9.17) is 19.8 Å². The van der Waals surface area contributed by atoms with E-state index >= 15 is 0 Å². The second-order valence-corrected chi connectivity index (χ2v) is 0.575. The maximum Gasteiger partial charge on any atom is 4.00 e. The molecule has 0 saturated carbocycles. The average molecular weight is 159 g/mol. The number of carbonyl (C=O) groups excluding carboxylic acids is 2. The van der Waals surface area contributed by atoms with Crippen molar-refractivity contribution in [1.29, 1.82) is 0 Å². The Morgan fingerprint density at radius 3 is 1.12 bits per heavy atom. The summed E-state index contributed by atoms with van der Waals surface area (Å²) in [4.78, 5) is 17.9. The molecule has 34 valence electrons. The van der Waals surface area contributed by atoms with Crippen LogP contribution in [0.15, 0.2) is 0 Å². The van der Waals surface area contributed by atoms with Gasteiger partial charge in [0, 0.05) is 0 Å². The molecular weight excluding hydrogens is 159 g/mol. The molecule has 0 fully saturated rings. The molecule has 0 atom stereocenters. The van der Waals surface area contributed by atoms with E-state index in [1.165, 1.54) is 0 Å². The Morgan fingerprint density at radius 2 is 1.12 bits per heavy atom. The quantitative estimate of drug-likeness (QED) is 0.260. The van der Waals surface area contributed by atoms with Crippen LogP contribution in [0.2, 0.25) is 0 Å². The molecule has 6 heteroatoms. The van der Waals surface area contributed by atoms with Gasteiger partial charge in [-0.25, -0.2) is 0 Å². The van der Waals surface area contributed by atoms with E-state index in [1.54, 1.807) is 0 Å². The van der Waals surface area contributed by atoms with Crippen molar-refractivity contribution in [2.45, 2.75) is 0 Å². The molecule has 0 aliphatic heterocycles. The minimum atomic E-state index is -2.19. The minimum absolute atomic E-state index is 0. The molecule has 0 aliphatic carbocycles. The van der Waals surface area contributed by atoms with Gasteiger partial charge >= 0.3 is 51.3 Å². The Hall–Kier alpha value is 0.654. The van der Waals surface area contributed by atoms with Crippen LogP contribution in [0.3, 0.4) is 0 Å². The normalized spacial score (nSPS) is 5.50. The summed E-state index contributed by atoms with van der Waals surface area (Å²) < 4.78 is 0. The second kappa shape index (κ2) is 7.65. The summed E-state index contributed by atoms with van der Waals surface area (Å²) in [6.45, 7) is 0. The molecular formula is C2NaO4Ti+3. The zero-order chi connectivity index (χ0) is 5.15. The van der Waals surface area contributed by atoms with Crippen molar-refractivity contribution in [2.75, 3.05) is 0 Å². The topological polar surface area (TPSA) is 80.3 Å². The number of hydrogen-bond donors (Lipinski definition) is 0. The van der Waals surface area contributed by atoms with Crippen LogP contribution in [0, 0.1) is 0 Å². The molecule has 0 rings (SSSR count). The molecule has 0 aliphatic rings. The summed E-state index contributed by atoms with van der Waals surface area (Å²) in [7, 11) is 0. The van der Waals surface area contributed by atoms with E-state index in [2.05, 4.69) is 0 Å². The molecule has 0 bridgehead atoms. The van der Waals surface area contributed by atoms with Gasteiger partial charge in [-0.3, -0.25) is 0 Å². The Labute approximate surface area is 82.4 Å². The minimum Gasteiger partial charge on any atom is -0.543 e. The van der Waals surface area contributed by atoms with Crippen molar-refractivity contribution in [3.8, 4) is 0 Å². The fraction of sp³-hybridized carbons (Fsp3) is 0. The van der Waals surface area contributed by atoms with Crippen molar-refractivity contribution in [3.63, 3.8) is 0 Å². The van der Waals surface area contributed by atoms with Gasteiger partial charge in [-0.2, -0.15) is 0 Å². The van der Waals surface area contributed by atoms with Gasteiger partial charge in [-0.05, 0) is 0 Å². The first-order chi connectivity index (χ1) is 2.64. The second-order valence-electron chi connectivity index (χ2n) is 0.575. The summed E-state index contributed by atoms with van der Waals surface area (Å²) in [5, 5.41) is 17.9. The number of carboxylic acids is 2.